The van der Waals surface area contributed by atoms with Crippen molar-refractivity contribution >= 4 is 11.6 Å². The first-order chi connectivity index (χ1) is 10.1. The van der Waals surface area contributed by atoms with Crippen molar-refractivity contribution in [2.45, 2.75) is 26.2 Å². The van der Waals surface area contributed by atoms with Crippen LogP contribution in [0, 0.1) is 16.7 Å². The number of nitrogens with zero attached hydrogens (tertiary/aromatic N) is 1. The number of nitriles is 1. The molecule has 2 rings (SSSR count). The highest BCUT2D eigenvalue weighted by Gasteiger charge is 2.40. The fourth-order valence-electron chi connectivity index (χ4n) is 2.86. The summed E-state index contributed by atoms with van der Waals surface area (Å²) in [6.07, 6.45) is 2.69. The molecule has 21 heavy (non-hydrogen) atoms. The Kier molecular flexibility index (Phi) is 4.81. The molecular formula is C16H21N3O2. The topological polar surface area (TPSA) is 74.2 Å². The average molecular weight is 287 g/mol. The molecule has 1 aromatic carbocycles. The largest absolute Gasteiger partial charge is 0.495 e. The molecule has 0 aliphatic carbocycles. The number of nitrogens with one attached hydrogen (secondary N) is 2. The maximum absolute atomic E-state index is 12.7. The third-order valence-corrected chi connectivity index (χ3v) is 4.03. The van der Waals surface area contributed by atoms with E-state index in [2.05, 4.69) is 23.6 Å². The van der Waals surface area contributed by atoms with E-state index in [0.717, 1.165) is 25.8 Å². The first kappa shape index (κ1) is 15.3. The minimum atomic E-state index is -0.340. The number of methoxy groups -OCH3 is 1. The van der Waals surface area contributed by atoms with Crippen molar-refractivity contribution in [3.05, 3.63) is 23.8 Å². The standard InChI is InChI=1S/C16H21N3O2/c1-3-6-16(7-8-18-11-16)15(20)19-13-5-4-12(10-17)9-14(13)21-2/h4-5,9,18H,3,6-8,11H2,1-2H3,(H,19,20). The van der Waals surface area contributed by atoms with Gasteiger partial charge in [0, 0.05) is 12.6 Å². The van der Waals surface area contributed by atoms with E-state index in [-0.39, 0.29) is 11.3 Å². The Morgan fingerprint density at radius 1 is 1.57 bits per heavy atom. The van der Waals surface area contributed by atoms with Crippen LogP contribution in [0.2, 0.25) is 0 Å². The summed E-state index contributed by atoms with van der Waals surface area (Å²) in [7, 11) is 1.53. The van der Waals surface area contributed by atoms with Gasteiger partial charge < -0.3 is 15.4 Å². The molecular weight excluding hydrogens is 266 g/mol. The third-order valence-electron chi connectivity index (χ3n) is 4.03. The zero-order valence-electron chi connectivity index (χ0n) is 12.5. The van der Waals surface area contributed by atoms with Gasteiger partial charge in [0.05, 0.1) is 29.8 Å². The van der Waals surface area contributed by atoms with Gasteiger partial charge in [0.25, 0.3) is 0 Å². The Morgan fingerprint density at radius 2 is 2.38 bits per heavy atom. The van der Waals surface area contributed by atoms with Crippen molar-refractivity contribution in [3.8, 4) is 11.8 Å². The number of carbonyl (C=O) groups is 1. The summed E-state index contributed by atoms with van der Waals surface area (Å²) in [5, 5.41) is 15.2. The van der Waals surface area contributed by atoms with Crippen molar-refractivity contribution in [1.82, 2.24) is 5.32 Å². The lowest BCUT2D eigenvalue weighted by molar-refractivity contribution is -0.125. The van der Waals surface area contributed by atoms with Gasteiger partial charge in [-0.3, -0.25) is 4.79 Å². The second-order valence-corrected chi connectivity index (χ2v) is 5.44. The summed E-state index contributed by atoms with van der Waals surface area (Å²) < 4.78 is 5.26. The predicted molar refractivity (Wildman–Crippen MR) is 81.2 cm³/mol. The highest BCUT2D eigenvalue weighted by atomic mass is 16.5. The van der Waals surface area contributed by atoms with Crippen LogP contribution >= 0.6 is 0 Å². The average Bonchev–Trinajstić information content (AvgIpc) is 2.98. The molecule has 1 fully saturated rings. The van der Waals surface area contributed by atoms with E-state index >= 15 is 0 Å². The van der Waals surface area contributed by atoms with Crippen molar-refractivity contribution in [1.29, 1.82) is 5.26 Å². The van der Waals surface area contributed by atoms with Gasteiger partial charge in [-0.15, -0.1) is 0 Å². The molecule has 1 amide bonds. The van der Waals surface area contributed by atoms with Crippen molar-refractivity contribution in [3.63, 3.8) is 0 Å². The predicted octanol–water partition coefficient (Wildman–Crippen LogP) is 2.29. The van der Waals surface area contributed by atoms with Crippen LogP contribution in [0.1, 0.15) is 31.7 Å². The van der Waals surface area contributed by atoms with Crippen molar-refractivity contribution < 1.29 is 9.53 Å². The smallest absolute Gasteiger partial charge is 0.232 e. The summed E-state index contributed by atoms with van der Waals surface area (Å²) in [6.45, 7) is 3.68. The van der Waals surface area contributed by atoms with E-state index in [0.29, 0.717) is 23.5 Å². The first-order valence-corrected chi connectivity index (χ1v) is 7.25. The Bertz CT molecular complexity index is 557. The van der Waals surface area contributed by atoms with Gasteiger partial charge in [-0.05, 0) is 31.5 Å². The van der Waals surface area contributed by atoms with E-state index in [1.54, 1.807) is 18.2 Å². The summed E-state index contributed by atoms with van der Waals surface area (Å²) in [4.78, 5) is 12.7. The van der Waals surface area contributed by atoms with Crippen LogP contribution in [0.5, 0.6) is 5.75 Å². The Hall–Kier alpha value is -2.06. The monoisotopic (exact) mass is 287 g/mol. The number of amides is 1. The van der Waals surface area contributed by atoms with E-state index < -0.39 is 0 Å². The molecule has 1 unspecified atom stereocenters. The molecule has 5 nitrogen and oxygen atoms in total. The number of anilines is 1. The molecule has 112 valence electrons. The summed E-state index contributed by atoms with van der Waals surface area (Å²) in [5.41, 5.74) is 0.785. The normalized spacial score (nSPS) is 20.8. The Labute approximate surface area is 125 Å². The van der Waals surface area contributed by atoms with Gasteiger partial charge in [-0.25, -0.2) is 0 Å². The highest BCUT2D eigenvalue weighted by molar-refractivity contribution is 5.97. The molecule has 1 atom stereocenters. The zero-order valence-corrected chi connectivity index (χ0v) is 12.5. The number of hydrogen-bond donors (Lipinski definition) is 2. The van der Waals surface area contributed by atoms with E-state index in [1.807, 2.05) is 0 Å². The molecule has 0 bridgehead atoms. The molecule has 1 saturated heterocycles. The lowest BCUT2D eigenvalue weighted by atomic mass is 9.81. The van der Waals surface area contributed by atoms with Gasteiger partial charge in [-0.1, -0.05) is 13.3 Å². The fourth-order valence-corrected chi connectivity index (χ4v) is 2.86. The molecule has 1 heterocycles. The van der Waals surface area contributed by atoms with E-state index in [9.17, 15) is 4.79 Å². The van der Waals surface area contributed by atoms with Crippen LogP contribution in [-0.4, -0.2) is 26.1 Å². The molecule has 0 radical (unpaired) electrons. The number of carbonyl (C=O) groups excluding carboxylic acids is 1. The van der Waals surface area contributed by atoms with Gasteiger partial charge in [0.15, 0.2) is 0 Å². The van der Waals surface area contributed by atoms with Crippen LogP contribution in [0.25, 0.3) is 0 Å². The minimum Gasteiger partial charge on any atom is -0.495 e. The molecule has 1 aromatic rings. The summed E-state index contributed by atoms with van der Waals surface area (Å²) in [5.74, 6) is 0.539. The maximum Gasteiger partial charge on any atom is 0.232 e. The quantitative estimate of drug-likeness (QED) is 0.871. The van der Waals surface area contributed by atoms with Crippen LogP contribution in [-0.2, 0) is 4.79 Å². The number of rotatable bonds is 5. The minimum absolute atomic E-state index is 0.0253. The fraction of sp³-hybridized carbons (Fsp3) is 0.500. The van der Waals surface area contributed by atoms with Crippen molar-refractivity contribution in [2.24, 2.45) is 5.41 Å². The lowest BCUT2D eigenvalue weighted by Crippen LogP contribution is -2.38. The third kappa shape index (κ3) is 3.17. The van der Waals surface area contributed by atoms with Gasteiger partial charge in [0.1, 0.15) is 5.75 Å². The van der Waals surface area contributed by atoms with Crippen LogP contribution in [0.15, 0.2) is 18.2 Å². The molecule has 1 aliphatic heterocycles. The number of ether oxygens (including phenoxy) is 1. The Balaban J connectivity index is 2.21. The van der Waals surface area contributed by atoms with Crippen LogP contribution in [0.3, 0.4) is 0 Å². The molecule has 5 heteroatoms. The summed E-state index contributed by atoms with van der Waals surface area (Å²) >= 11 is 0. The number of benzene rings is 1. The maximum atomic E-state index is 12.7. The Morgan fingerprint density at radius 3 is 2.95 bits per heavy atom. The van der Waals surface area contributed by atoms with E-state index in [1.165, 1.54) is 7.11 Å². The second-order valence-electron chi connectivity index (χ2n) is 5.44. The van der Waals surface area contributed by atoms with Gasteiger partial charge >= 0.3 is 0 Å². The summed E-state index contributed by atoms with van der Waals surface area (Å²) in [6, 6.07) is 7.09. The number of hydrogen-bond acceptors (Lipinski definition) is 4. The molecule has 1 aliphatic rings. The van der Waals surface area contributed by atoms with E-state index in [4.69, 9.17) is 10.00 Å². The highest BCUT2D eigenvalue weighted by Crippen LogP contribution is 2.34. The van der Waals surface area contributed by atoms with Crippen molar-refractivity contribution in [2.75, 3.05) is 25.5 Å². The molecule has 0 aromatic heterocycles. The van der Waals surface area contributed by atoms with Crippen LogP contribution < -0.4 is 15.4 Å². The van der Waals surface area contributed by atoms with Crippen LogP contribution in [0.4, 0.5) is 5.69 Å². The SMILES string of the molecule is CCCC1(C(=O)Nc2ccc(C#N)cc2OC)CCNC1. The lowest BCUT2D eigenvalue weighted by Gasteiger charge is -2.26. The first-order valence-electron chi connectivity index (χ1n) is 7.25. The van der Waals surface area contributed by atoms with Gasteiger partial charge in [-0.2, -0.15) is 5.26 Å². The molecule has 0 spiro atoms. The second kappa shape index (κ2) is 6.59. The molecule has 2 N–H and O–H groups in total. The zero-order chi connectivity index (χ0) is 15.3. The van der Waals surface area contributed by atoms with Gasteiger partial charge in [0.2, 0.25) is 5.91 Å². The molecule has 0 saturated carbocycles.